The van der Waals surface area contributed by atoms with E-state index in [0.29, 0.717) is 24.4 Å². The Bertz CT molecular complexity index is 771. The van der Waals surface area contributed by atoms with Gasteiger partial charge in [0, 0.05) is 25.1 Å². The predicted octanol–water partition coefficient (Wildman–Crippen LogP) is 4.65. The first-order chi connectivity index (χ1) is 12.9. The van der Waals surface area contributed by atoms with Gasteiger partial charge >= 0.3 is 6.18 Å². The molecule has 0 spiro atoms. The van der Waals surface area contributed by atoms with E-state index in [2.05, 4.69) is 10.2 Å². The van der Waals surface area contributed by atoms with Crippen LogP contribution in [-0.2, 0) is 11.0 Å². The number of carbonyl (C=O) groups excluding carboxylic acids is 1. The molecule has 1 aromatic heterocycles. The van der Waals surface area contributed by atoms with Gasteiger partial charge in [-0.15, -0.1) is 10.2 Å². The molecule has 0 saturated carbocycles. The number of nitrogens with zero attached hydrogens (tertiary/aromatic N) is 3. The van der Waals surface area contributed by atoms with Crippen LogP contribution in [0.2, 0.25) is 0 Å². The second-order valence-electron chi connectivity index (χ2n) is 6.80. The average Bonchev–Trinajstić information content (AvgIpc) is 3.16. The number of rotatable bonds is 5. The molecular formula is C19H22F3N3O2. The Morgan fingerprint density at radius 1 is 1.26 bits per heavy atom. The molecule has 27 heavy (non-hydrogen) atoms. The molecule has 5 nitrogen and oxygen atoms in total. The van der Waals surface area contributed by atoms with Crippen molar-refractivity contribution in [2.75, 3.05) is 13.1 Å². The lowest BCUT2D eigenvalue weighted by Crippen LogP contribution is -2.39. The lowest BCUT2D eigenvalue weighted by atomic mass is 9.97. The number of alkyl halides is 3. The zero-order valence-corrected chi connectivity index (χ0v) is 15.1. The summed E-state index contributed by atoms with van der Waals surface area (Å²) in [7, 11) is 0. The van der Waals surface area contributed by atoms with Crippen molar-refractivity contribution in [1.29, 1.82) is 0 Å². The molecule has 0 aliphatic carbocycles. The lowest BCUT2D eigenvalue weighted by molar-refractivity contribution is -0.137. The molecule has 1 fully saturated rings. The highest BCUT2D eigenvalue weighted by Gasteiger charge is 2.31. The van der Waals surface area contributed by atoms with Crippen molar-refractivity contribution >= 4 is 5.91 Å². The van der Waals surface area contributed by atoms with Gasteiger partial charge in [0.1, 0.15) is 0 Å². The number of halogens is 3. The van der Waals surface area contributed by atoms with Gasteiger partial charge in [-0.25, -0.2) is 0 Å². The molecular weight excluding hydrogens is 359 g/mol. The van der Waals surface area contributed by atoms with Crippen LogP contribution in [0.1, 0.15) is 56.4 Å². The average molecular weight is 381 g/mol. The Balaban J connectivity index is 1.69. The first-order valence-corrected chi connectivity index (χ1v) is 9.17. The van der Waals surface area contributed by atoms with Gasteiger partial charge in [0.2, 0.25) is 17.7 Å². The number of likely N-dealkylation sites (tertiary alicyclic amines) is 1. The summed E-state index contributed by atoms with van der Waals surface area (Å²) in [5, 5.41) is 8.04. The van der Waals surface area contributed by atoms with Crippen molar-refractivity contribution in [3.05, 3.63) is 35.7 Å². The first kappa shape index (κ1) is 19.4. The Morgan fingerprint density at radius 3 is 2.67 bits per heavy atom. The highest BCUT2D eigenvalue weighted by Crippen LogP contribution is 2.32. The summed E-state index contributed by atoms with van der Waals surface area (Å²) in [5.41, 5.74) is -0.284. The van der Waals surface area contributed by atoms with Crippen LogP contribution in [0.3, 0.4) is 0 Å². The minimum absolute atomic E-state index is 0.0416. The largest absolute Gasteiger partial charge is 0.420 e. The molecule has 1 amide bonds. The number of benzene rings is 1. The van der Waals surface area contributed by atoms with Crippen LogP contribution in [0, 0.1) is 0 Å². The summed E-state index contributed by atoms with van der Waals surface area (Å²) in [6.07, 6.45) is -0.285. The highest BCUT2D eigenvalue weighted by atomic mass is 19.4. The second-order valence-corrected chi connectivity index (χ2v) is 6.80. The molecule has 1 aromatic carbocycles. The Labute approximate surface area is 155 Å². The van der Waals surface area contributed by atoms with Crippen molar-refractivity contribution in [1.82, 2.24) is 15.1 Å². The Kier molecular flexibility index (Phi) is 5.82. The molecule has 2 aromatic rings. The topological polar surface area (TPSA) is 59.2 Å². The third kappa shape index (κ3) is 4.67. The van der Waals surface area contributed by atoms with E-state index in [9.17, 15) is 18.0 Å². The Morgan fingerprint density at radius 2 is 2.00 bits per heavy atom. The third-order valence-electron chi connectivity index (χ3n) is 4.77. The van der Waals surface area contributed by atoms with Crippen molar-refractivity contribution in [2.24, 2.45) is 0 Å². The van der Waals surface area contributed by atoms with Crippen LogP contribution < -0.4 is 0 Å². The summed E-state index contributed by atoms with van der Waals surface area (Å²) in [6.45, 7) is 3.32. The third-order valence-corrected chi connectivity index (χ3v) is 4.77. The molecule has 1 aliphatic heterocycles. The van der Waals surface area contributed by atoms with E-state index in [4.69, 9.17) is 4.42 Å². The summed E-state index contributed by atoms with van der Waals surface area (Å²) in [5.74, 6) is 0.718. The molecule has 3 rings (SSSR count). The zero-order chi connectivity index (χ0) is 19.4. The van der Waals surface area contributed by atoms with E-state index in [1.54, 1.807) is 0 Å². The van der Waals surface area contributed by atoms with Crippen LogP contribution in [0.25, 0.3) is 11.5 Å². The van der Waals surface area contributed by atoms with Crippen LogP contribution in [0.15, 0.2) is 28.7 Å². The van der Waals surface area contributed by atoms with E-state index < -0.39 is 11.7 Å². The minimum atomic E-state index is -4.38. The monoisotopic (exact) mass is 381 g/mol. The quantitative estimate of drug-likeness (QED) is 0.756. The van der Waals surface area contributed by atoms with Crippen LogP contribution >= 0.6 is 0 Å². The van der Waals surface area contributed by atoms with Crippen LogP contribution in [-0.4, -0.2) is 34.1 Å². The van der Waals surface area contributed by atoms with Crippen LogP contribution in [0.4, 0.5) is 13.2 Å². The Hall–Kier alpha value is -2.38. The fourth-order valence-electron chi connectivity index (χ4n) is 3.21. The van der Waals surface area contributed by atoms with Gasteiger partial charge < -0.3 is 9.32 Å². The number of unbranched alkanes of at least 4 members (excludes halogenated alkanes) is 1. The maximum atomic E-state index is 12.7. The van der Waals surface area contributed by atoms with Gasteiger partial charge in [0.15, 0.2) is 0 Å². The maximum Gasteiger partial charge on any atom is 0.416 e. The highest BCUT2D eigenvalue weighted by molar-refractivity contribution is 5.76. The number of hydrogen-bond acceptors (Lipinski definition) is 4. The van der Waals surface area contributed by atoms with Crippen molar-refractivity contribution in [2.45, 2.75) is 51.1 Å². The molecule has 1 atom stereocenters. The number of aromatic nitrogens is 2. The smallest absolute Gasteiger partial charge is 0.416 e. The van der Waals surface area contributed by atoms with Gasteiger partial charge in [-0.2, -0.15) is 13.2 Å². The summed E-state index contributed by atoms with van der Waals surface area (Å²) < 4.78 is 43.7. The van der Waals surface area contributed by atoms with Crippen molar-refractivity contribution < 1.29 is 22.4 Å². The fourth-order valence-corrected chi connectivity index (χ4v) is 3.21. The summed E-state index contributed by atoms with van der Waals surface area (Å²) >= 11 is 0. The molecule has 1 saturated heterocycles. The molecule has 8 heteroatoms. The minimum Gasteiger partial charge on any atom is -0.420 e. The zero-order valence-electron chi connectivity index (χ0n) is 15.1. The molecule has 0 radical (unpaired) electrons. The van der Waals surface area contributed by atoms with Gasteiger partial charge in [0.25, 0.3) is 0 Å². The number of piperidine rings is 1. The molecule has 0 N–H and O–H groups in total. The molecule has 1 aliphatic rings. The predicted molar refractivity (Wildman–Crippen MR) is 92.8 cm³/mol. The molecule has 2 heterocycles. The second kappa shape index (κ2) is 8.10. The van der Waals surface area contributed by atoms with E-state index in [0.717, 1.165) is 44.4 Å². The summed E-state index contributed by atoms with van der Waals surface area (Å²) in [4.78, 5) is 14.1. The van der Waals surface area contributed by atoms with Crippen molar-refractivity contribution in [3.63, 3.8) is 0 Å². The molecule has 146 valence electrons. The lowest BCUT2D eigenvalue weighted by Gasteiger charge is -2.31. The van der Waals surface area contributed by atoms with Gasteiger partial charge in [-0.1, -0.05) is 13.3 Å². The van der Waals surface area contributed by atoms with Gasteiger partial charge in [0.05, 0.1) is 11.5 Å². The number of hydrogen-bond donors (Lipinski definition) is 0. The van der Waals surface area contributed by atoms with E-state index >= 15 is 0 Å². The molecule has 1 unspecified atom stereocenters. The fraction of sp³-hybridized carbons (Fsp3) is 0.526. The van der Waals surface area contributed by atoms with Gasteiger partial charge in [-0.3, -0.25) is 4.79 Å². The SMILES string of the molecule is CCCCC(=O)N1CCCC(c2nnc(-c3ccc(C(F)(F)F)cc3)o2)C1. The van der Waals surface area contributed by atoms with E-state index in [1.165, 1.54) is 12.1 Å². The number of carbonyl (C=O) groups is 1. The van der Waals surface area contributed by atoms with E-state index in [1.807, 2.05) is 11.8 Å². The normalized spacial score (nSPS) is 17.9. The maximum absolute atomic E-state index is 12.7. The standard InChI is InChI=1S/C19H22F3N3O2/c1-2-3-6-16(26)25-11-4-5-14(12-25)18-24-23-17(27-18)13-7-9-15(10-8-13)19(20,21)22/h7-10,14H,2-6,11-12H2,1H3. The van der Waals surface area contributed by atoms with Gasteiger partial charge in [-0.05, 0) is 43.5 Å². The molecule has 0 bridgehead atoms. The summed E-state index contributed by atoms with van der Waals surface area (Å²) in [6, 6.07) is 4.63. The van der Waals surface area contributed by atoms with E-state index in [-0.39, 0.29) is 17.7 Å². The van der Waals surface area contributed by atoms with Crippen molar-refractivity contribution in [3.8, 4) is 11.5 Å². The number of amides is 1. The van der Waals surface area contributed by atoms with Crippen LogP contribution in [0.5, 0.6) is 0 Å². The first-order valence-electron chi connectivity index (χ1n) is 9.17.